The van der Waals surface area contributed by atoms with Crippen LogP contribution in [0.2, 0.25) is 0 Å². The van der Waals surface area contributed by atoms with E-state index in [-0.39, 0.29) is 0 Å². The molecule has 0 spiro atoms. The molecule has 0 unspecified atom stereocenters. The zero-order chi connectivity index (χ0) is 12.4. The monoisotopic (exact) mass is 355 g/mol. The molecule has 0 amide bonds. The Morgan fingerprint density at radius 1 is 1.18 bits per heavy atom. The molecule has 1 aromatic carbocycles. The van der Waals surface area contributed by atoms with Gasteiger partial charge < -0.3 is 5.32 Å². The average Bonchev–Trinajstić information content (AvgIpc) is 2.32. The van der Waals surface area contributed by atoms with Crippen LogP contribution in [-0.2, 0) is 0 Å². The average molecular weight is 357 g/mol. The van der Waals surface area contributed by atoms with Crippen molar-refractivity contribution in [2.24, 2.45) is 0 Å². The Hall–Kier alpha value is -0.940. The first-order chi connectivity index (χ1) is 8.11. The van der Waals surface area contributed by atoms with Crippen LogP contribution < -0.4 is 5.32 Å². The summed E-state index contributed by atoms with van der Waals surface area (Å²) in [7, 11) is 1.84. The van der Waals surface area contributed by atoms with Crippen LogP contribution in [-0.4, -0.2) is 17.0 Å². The minimum absolute atomic E-state index is 0.719. The van der Waals surface area contributed by atoms with E-state index in [1.54, 1.807) is 0 Å². The lowest BCUT2D eigenvalue weighted by atomic mass is 10.2. The minimum atomic E-state index is 0.719. The van der Waals surface area contributed by atoms with Crippen LogP contribution >= 0.6 is 31.9 Å². The van der Waals surface area contributed by atoms with Gasteiger partial charge in [0, 0.05) is 17.1 Å². The molecule has 5 heteroatoms. The van der Waals surface area contributed by atoms with Crippen molar-refractivity contribution >= 4 is 37.7 Å². The Bertz CT molecular complexity index is 555. The SMILES string of the molecule is CNc1nc(-c2cccc(Br)c2)nc(C)c1Br. The van der Waals surface area contributed by atoms with Crippen LogP contribution in [0.15, 0.2) is 33.2 Å². The fourth-order valence-corrected chi connectivity index (χ4v) is 2.26. The fraction of sp³-hybridized carbons (Fsp3) is 0.167. The van der Waals surface area contributed by atoms with Crippen molar-refractivity contribution in [1.29, 1.82) is 0 Å². The predicted molar refractivity (Wildman–Crippen MR) is 77.2 cm³/mol. The molecule has 0 bridgehead atoms. The van der Waals surface area contributed by atoms with E-state index in [4.69, 9.17) is 0 Å². The summed E-state index contributed by atoms with van der Waals surface area (Å²) in [5.74, 6) is 1.52. The number of anilines is 1. The molecular formula is C12H11Br2N3. The van der Waals surface area contributed by atoms with Crippen LogP contribution in [0.3, 0.4) is 0 Å². The molecule has 1 heterocycles. The molecule has 0 atom stereocenters. The molecule has 0 fully saturated rings. The maximum absolute atomic E-state index is 4.47. The molecule has 17 heavy (non-hydrogen) atoms. The topological polar surface area (TPSA) is 37.8 Å². The van der Waals surface area contributed by atoms with E-state index in [0.29, 0.717) is 0 Å². The molecule has 0 aliphatic heterocycles. The van der Waals surface area contributed by atoms with E-state index >= 15 is 0 Å². The number of halogens is 2. The first kappa shape index (κ1) is 12.5. The van der Waals surface area contributed by atoms with Crippen molar-refractivity contribution in [1.82, 2.24) is 9.97 Å². The third-order valence-corrected chi connectivity index (χ3v) is 3.78. The van der Waals surface area contributed by atoms with Gasteiger partial charge in [-0.05, 0) is 35.0 Å². The lowest BCUT2D eigenvalue weighted by Crippen LogP contribution is -2.00. The first-order valence-corrected chi connectivity index (χ1v) is 6.68. The molecule has 0 aliphatic rings. The maximum atomic E-state index is 4.47. The van der Waals surface area contributed by atoms with Crippen LogP contribution in [0, 0.1) is 6.92 Å². The van der Waals surface area contributed by atoms with Crippen LogP contribution in [0.5, 0.6) is 0 Å². The van der Waals surface area contributed by atoms with E-state index in [0.717, 1.165) is 31.8 Å². The summed E-state index contributed by atoms with van der Waals surface area (Å²) in [6, 6.07) is 7.95. The summed E-state index contributed by atoms with van der Waals surface area (Å²) < 4.78 is 1.92. The van der Waals surface area contributed by atoms with E-state index < -0.39 is 0 Å². The second kappa shape index (κ2) is 5.14. The normalized spacial score (nSPS) is 10.4. The second-order valence-corrected chi connectivity index (χ2v) is 5.26. The Kier molecular flexibility index (Phi) is 3.79. The molecule has 3 nitrogen and oxygen atoms in total. The molecule has 1 N–H and O–H groups in total. The van der Waals surface area contributed by atoms with Gasteiger partial charge in [0.15, 0.2) is 5.82 Å². The molecule has 88 valence electrons. The van der Waals surface area contributed by atoms with Gasteiger partial charge in [-0.3, -0.25) is 0 Å². The number of rotatable bonds is 2. The van der Waals surface area contributed by atoms with Crippen molar-refractivity contribution in [3.8, 4) is 11.4 Å². The highest BCUT2D eigenvalue weighted by Gasteiger charge is 2.09. The standard InChI is InChI=1S/C12H11Br2N3/c1-7-10(14)12(15-2)17-11(16-7)8-4-3-5-9(13)6-8/h3-6H,1-2H3,(H,15,16,17). The zero-order valence-corrected chi connectivity index (χ0v) is 12.6. The van der Waals surface area contributed by atoms with Gasteiger partial charge in [-0.2, -0.15) is 0 Å². The van der Waals surface area contributed by atoms with Gasteiger partial charge in [-0.15, -0.1) is 0 Å². The lowest BCUT2D eigenvalue weighted by Gasteiger charge is -2.08. The summed E-state index contributed by atoms with van der Waals surface area (Å²) in [5.41, 5.74) is 1.91. The van der Waals surface area contributed by atoms with Crippen molar-refractivity contribution in [2.45, 2.75) is 6.92 Å². The zero-order valence-electron chi connectivity index (χ0n) is 9.46. The number of hydrogen-bond donors (Lipinski definition) is 1. The molecule has 0 saturated carbocycles. The number of nitrogens with zero attached hydrogens (tertiary/aromatic N) is 2. The third kappa shape index (κ3) is 2.66. The van der Waals surface area contributed by atoms with Crippen molar-refractivity contribution in [3.63, 3.8) is 0 Å². The first-order valence-electron chi connectivity index (χ1n) is 5.09. The van der Waals surface area contributed by atoms with Gasteiger partial charge in [0.05, 0.1) is 10.2 Å². The second-order valence-electron chi connectivity index (χ2n) is 3.56. The highest BCUT2D eigenvalue weighted by molar-refractivity contribution is 9.11. The smallest absolute Gasteiger partial charge is 0.161 e. The highest BCUT2D eigenvalue weighted by Crippen LogP contribution is 2.27. The van der Waals surface area contributed by atoms with Crippen molar-refractivity contribution < 1.29 is 0 Å². The van der Waals surface area contributed by atoms with Gasteiger partial charge in [0.2, 0.25) is 0 Å². The molecule has 0 aliphatic carbocycles. The van der Waals surface area contributed by atoms with Crippen molar-refractivity contribution in [2.75, 3.05) is 12.4 Å². The Morgan fingerprint density at radius 3 is 2.59 bits per heavy atom. The minimum Gasteiger partial charge on any atom is -0.372 e. The van der Waals surface area contributed by atoms with E-state index in [1.807, 2.05) is 38.2 Å². The van der Waals surface area contributed by atoms with Gasteiger partial charge in [0.25, 0.3) is 0 Å². The summed E-state index contributed by atoms with van der Waals surface area (Å²) >= 11 is 6.91. The number of aromatic nitrogens is 2. The Morgan fingerprint density at radius 2 is 1.94 bits per heavy atom. The summed E-state index contributed by atoms with van der Waals surface area (Å²) in [5, 5.41) is 3.05. The predicted octanol–water partition coefficient (Wildman–Crippen LogP) is 4.02. The molecule has 1 aromatic heterocycles. The molecule has 0 radical (unpaired) electrons. The number of nitrogens with one attached hydrogen (secondary N) is 1. The van der Waals surface area contributed by atoms with Crippen LogP contribution in [0.1, 0.15) is 5.69 Å². The largest absolute Gasteiger partial charge is 0.372 e. The van der Waals surface area contributed by atoms with Gasteiger partial charge in [0.1, 0.15) is 5.82 Å². The molecular weight excluding hydrogens is 346 g/mol. The highest BCUT2D eigenvalue weighted by atomic mass is 79.9. The summed E-state index contributed by atoms with van der Waals surface area (Å²) in [4.78, 5) is 8.95. The van der Waals surface area contributed by atoms with E-state index in [1.165, 1.54) is 0 Å². The van der Waals surface area contributed by atoms with Gasteiger partial charge >= 0.3 is 0 Å². The Balaban J connectivity index is 2.56. The van der Waals surface area contributed by atoms with Crippen LogP contribution in [0.25, 0.3) is 11.4 Å². The lowest BCUT2D eigenvalue weighted by molar-refractivity contribution is 1.09. The number of benzene rings is 1. The number of aryl methyl sites for hydroxylation is 1. The van der Waals surface area contributed by atoms with Gasteiger partial charge in [-0.1, -0.05) is 28.1 Å². The number of hydrogen-bond acceptors (Lipinski definition) is 3. The molecule has 0 saturated heterocycles. The van der Waals surface area contributed by atoms with Crippen LogP contribution in [0.4, 0.5) is 5.82 Å². The van der Waals surface area contributed by atoms with E-state index in [9.17, 15) is 0 Å². The summed E-state index contributed by atoms with van der Waals surface area (Å²) in [6.45, 7) is 1.95. The fourth-order valence-electron chi connectivity index (χ4n) is 1.48. The molecule has 2 aromatic rings. The van der Waals surface area contributed by atoms with E-state index in [2.05, 4.69) is 47.1 Å². The van der Waals surface area contributed by atoms with Crippen molar-refractivity contribution in [3.05, 3.63) is 38.9 Å². The van der Waals surface area contributed by atoms with Gasteiger partial charge in [-0.25, -0.2) is 9.97 Å². The summed E-state index contributed by atoms with van der Waals surface area (Å²) in [6.07, 6.45) is 0. The quantitative estimate of drug-likeness (QED) is 0.883. The Labute approximate surface area is 117 Å². The maximum Gasteiger partial charge on any atom is 0.161 e. The molecule has 2 rings (SSSR count). The third-order valence-electron chi connectivity index (χ3n) is 2.34.